The van der Waals surface area contributed by atoms with Gasteiger partial charge >= 0.3 is 0 Å². The summed E-state index contributed by atoms with van der Waals surface area (Å²) >= 11 is 0. The van der Waals surface area contributed by atoms with Gasteiger partial charge in [0.05, 0.1) is 19.7 Å². The number of ether oxygens (including phenoxy) is 2. The molecule has 5 N–H and O–H groups in total. The lowest BCUT2D eigenvalue weighted by Crippen LogP contribution is -2.03. The van der Waals surface area contributed by atoms with E-state index in [0.29, 0.717) is 17.9 Å². The number of aromatic nitrogens is 2. The van der Waals surface area contributed by atoms with Gasteiger partial charge in [-0.1, -0.05) is 0 Å². The molecule has 0 saturated carbocycles. The van der Waals surface area contributed by atoms with Gasteiger partial charge in [-0.05, 0) is 35.9 Å². The Morgan fingerprint density at radius 1 is 0.958 bits per heavy atom. The zero-order valence-corrected chi connectivity index (χ0v) is 13.5. The summed E-state index contributed by atoms with van der Waals surface area (Å²) in [6.45, 7) is 0.606. The maximum Gasteiger partial charge on any atom is 0.222 e. The third-order valence-corrected chi connectivity index (χ3v) is 3.65. The quantitative estimate of drug-likeness (QED) is 0.661. The maximum absolute atomic E-state index is 5.92. The predicted octanol–water partition coefficient (Wildman–Crippen LogP) is 2.42. The van der Waals surface area contributed by atoms with E-state index in [1.54, 1.807) is 14.2 Å². The number of hydrogen-bond acceptors (Lipinski definition) is 7. The highest BCUT2D eigenvalue weighted by Gasteiger charge is 2.06. The molecule has 0 aliphatic carbocycles. The third-order valence-electron chi connectivity index (χ3n) is 3.65. The third kappa shape index (κ3) is 3.24. The van der Waals surface area contributed by atoms with Crippen LogP contribution in [-0.2, 0) is 6.54 Å². The zero-order chi connectivity index (χ0) is 17.1. The Balaban J connectivity index is 1.83. The van der Waals surface area contributed by atoms with E-state index >= 15 is 0 Å². The minimum absolute atomic E-state index is 0.171. The number of methoxy groups -OCH3 is 2. The van der Waals surface area contributed by atoms with Crippen molar-refractivity contribution < 1.29 is 9.47 Å². The normalized spacial score (nSPS) is 10.6. The number of anilines is 3. The van der Waals surface area contributed by atoms with E-state index in [2.05, 4.69) is 15.3 Å². The second kappa shape index (κ2) is 6.49. The molecule has 0 unspecified atom stereocenters. The molecule has 124 valence electrons. The van der Waals surface area contributed by atoms with Crippen molar-refractivity contribution in [3.05, 3.63) is 42.0 Å². The molecule has 7 nitrogen and oxygen atoms in total. The first-order valence-electron chi connectivity index (χ1n) is 7.37. The summed E-state index contributed by atoms with van der Waals surface area (Å²) in [7, 11) is 3.26. The summed E-state index contributed by atoms with van der Waals surface area (Å²) in [5.74, 6) is 2.03. The molecule has 0 spiro atoms. The van der Waals surface area contributed by atoms with Crippen LogP contribution < -0.4 is 26.3 Å². The van der Waals surface area contributed by atoms with Crippen LogP contribution in [0.5, 0.6) is 11.5 Å². The Bertz CT molecular complexity index is 860. The Labute approximate surface area is 139 Å². The highest BCUT2D eigenvalue weighted by atomic mass is 16.5. The van der Waals surface area contributed by atoms with Crippen LogP contribution in [0.4, 0.5) is 17.5 Å². The smallest absolute Gasteiger partial charge is 0.222 e. The maximum atomic E-state index is 5.92. The Morgan fingerprint density at radius 2 is 1.67 bits per heavy atom. The fourth-order valence-electron chi connectivity index (χ4n) is 2.45. The first kappa shape index (κ1) is 15.7. The molecule has 3 rings (SSSR count). The van der Waals surface area contributed by atoms with E-state index < -0.39 is 0 Å². The summed E-state index contributed by atoms with van der Waals surface area (Å²) in [6, 6.07) is 11.4. The number of nitrogens with one attached hydrogen (secondary N) is 1. The van der Waals surface area contributed by atoms with Crippen LogP contribution in [-0.4, -0.2) is 24.2 Å². The molecular formula is C17H19N5O2. The van der Waals surface area contributed by atoms with Crippen LogP contribution in [0, 0.1) is 0 Å². The van der Waals surface area contributed by atoms with Crippen molar-refractivity contribution in [1.29, 1.82) is 0 Å². The van der Waals surface area contributed by atoms with Gasteiger partial charge in [-0.15, -0.1) is 0 Å². The monoisotopic (exact) mass is 325 g/mol. The molecular weight excluding hydrogens is 306 g/mol. The molecule has 1 heterocycles. The second-order valence-corrected chi connectivity index (χ2v) is 5.27. The number of nitrogens with zero attached hydrogens (tertiary/aromatic N) is 2. The molecule has 0 aliphatic heterocycles. The molecule has 0 fully saturated rings. The van der Waals surface area contributed by atoms with E-state index in [1.165, 1.54) is 0 Å². The number of benzene rings is 2. The van der Waals surface area contributed by atoms with Crippen LogP contribution >= 0.6 is 0 Å². The SMILES string of the molecule is COc1cc(CNc2ccc3nc(N)nc(N)c3c2)cc(OC)c1. The molecule has 1 aromatic heterocycles. The van der Waals surface area contributed by atoms with Crippen LogP contribution in [0.2, 0.25) is 0 Å². The van der Waals surface area contributed by atoms with Crippen LogP contribution in [0.3, 0.4) is 0 Å². The molecule has 0 radical (unpaired) electrons. The van der Waals surface area contributed by atoms with E-state index in [1.807, 2.05) is 36.4 Å². The average molecular weight is 325 g/mol. The second-order valence-electron chi connectivity index (χ2n) is 5.27. The van der Waals surface area contributed by atoms with Gasteiger partial charge in [-0.2, -0.15) is 4.98 Å². The van der Waals surface area contributed by atoms with Crippen molar-refractivity contribution in [2.75, 3.05) is 31.0 Å². The predicted molar refractivity (Wildman–Crippen MR) is 95.2 cm³/mol. The van der Waals surface area contributed by atoms with Gasteiger partial charge in [0.1, 0.15) is 17.3 Å². The molecule has 0 aliphatic rings. The standard InChI is InChI=1S/C17H19N5O2/c1-23-12-5-10(6-13(8-12)24-2)9-20-11-3-4-15-14(7-11)16(18)22-17(19)21-15/h3-8,20H,9H2,1-2H3,(H4,18,19,21,22). The van der Waals surface area contributed by atoms with Crippen LogP contribution in [0.1, 0.15) is 5.56 Å². The Kier molecular flexibility index (Phi) is 4.24. The lowest BCUT2D eigenvalue weighted by atomic mass is 10.1. The van der Waals surface area contributed by atoms with Gasteiger partial charge in [0, 0.05) is 23.7 Å². The topological polar surface area (TPSA) is 108 Å². The highest BCUT2D eigenvalue weighted by Crippen LogP contribution is 2.25. The van der Waals surface area contributed by atoms with E-state index in [-0.39, 0.29) is 5.95 Å². The molecule has 2 aromatic carbocycles. The molecule has 24 heavy (non-hydrogen) atoms. The van der Waals surface area contributed by atoms with Gasteiger partial charge < -0.3 is 26.3 Å². The lowest BCUT2D eigenvalue weighted by molar-refractivity contribution is 0.393. The molecule has 3 aromatic rings. The summed E-state index contributed by atoms with van der Waals surface area (Å²) in [5, 5.41) is 4.11. The van der Waals surface area contributed by atoms with Gasteiger partial charge in [0.25, 0.3) is 0 Å². The van der Waals surface area contributed by atoms with E-state index in [0.717, 1.165) is 28.1 Å². The highest BCUT2D eigenvalue weighted by molar-refractivity contribution is 5.91. The van der Waals surface area contributed by atoms with E-state index in [9.17, 15) is 0 Å². The van der Waals surface area contributed by atoms with Crippen molar-refractivity contribution in [2.45, 2.75) is 6.54 Å². The average Bonchev–Trinajstić information content (AvgIpc) is 2.59. The molecule has 0 bridgehead atoms. The van der Waals surface area contributed by atoms with Gasteiger partial charge in [0.15, 0.2) is 0 Å². The largest absolute Gasteiger partial charge is 0.497 e. The summed E-state index contributed by atoms with van der Waals surface area (Å²) < 4.78 is 10.6. The lowest BCUT2D eigenvalue weighted by Gasteiger charge is -2.11. The minimum Gasteiger partial charge on any atom is -0.497 e. The first-order valence-corrected chi connectivity index (χ1v) is 7.37. The number of nitrogen functional groups attached to an aromatic ring is 2. The molecule has 0 saturated heterocycles. The fourth-order valence-corrected chi connectivity index (χ4v) is 2.45. The van der Waals surface area contributed by atoms with Crippen molar-refractivity contribution in [2.24, 2.45) is 0 Å². The van der Waals surface area contributed by atoms with Crippen molar-refractivity contribution in [3.63, 3.8) is 0 Å². The van der Waals surface area contributed by atoms with E-state index in [4.69, 9.17) is 20.9 Å². The van der Waals surface area contributed by atoms with Crippen molar-refractivity contribution in [3.8, 4) is 11.5 Å². The van der Waals surface area contributed by atoms with Gasteiger partial charge in [-0.3, -0.25) is 0 Å². The number of rotatable bonds is 5. The van der Waals surface area contributed by atoms with Crippen LogP contribution in [0.15, 0.2) is 36.4 Å². The molecule has 0 amide bonds. The fraction of sp³-hybridized carbons (Fsp3) is 0.176. The minimum atomic E-state index is 0.171. The Morgan fingerprint density at radius 3 is 2.33 bits per heavy atom. The van der Waals surface area contributed by atoms with Crippen molar-refractivity contribution >= 4 is 28.4 Å². The first-order chi connectivity index (χ1) is 11.6. The Hall–Kier alpha value is -3.22. The number of nitrogens with two attached hydrogens (primary N) is 2. The zero-order valence-electron chi connectivity index (χ0n) is 13.5. The van der Waals surface area contributed by atoms with Gasteiger partial charge in [-0.25, -0.2) is 4.98 Å². The number of fused-ring (bicyclic) bond motifs is 1. The molecule has 0 atom stereocenters. The molecule has 7 heteroatoms. The summed E-state index contributed by atoms with van der Waals surface area (Å²) in [5.41, 5.74) is 14.2. The van der Waals surface area contributed by atoms with Gasteiger partial charge in [0.2, 0.25) is 5.95 Å². The summed E-state index contributed by atoms with van der Waals surface area (Å²) in [6.07, 6.45) is 0. The van der Waals surface area contributed by atoms with Crippen LogP contribution in [0.25, 0.3) is 10.9 Å². The number of hydrogen-bond donors (Lipinski definition) is 3. The van der Waals surface area contributed by atoms with Crippen molar-refractivity contribution in [1.82, 2.24) is 9.97 Å². The summed E-state index contributed by atoms with van der Waals surface area (Å²) in [4.78, 5) is 8.16.